The van der Waals surface area contributed by atoms with Gasteiger partial charge in [-0.1, -0.05) is 11.6 Å². The number of aromatic nitrogens is 3. The molecule has 0 saturated carbocycles. The molecule has 0 saturated heterocycles. The molecule has 2 heterocycles. The third kappa shape index (κ3) is 2.48. The van der Waals surface area contributed by atoms with E-state index in [2.05, 4.69) is 15.0 Å². The van der Waals surface area contributed by atoms with Crippen LogP contribution >= 0.6 is 23.4 Å². The van der Waals surface area contributed by atoms with Crippen LogP contribution in [0.1, 0.15) is 21.8 Å². The Labute approximate surface area is 107 Å². The van der Waals surface area contributed by atoms with Gasteiger partial charge >= 0.3 is 0 Å². The van der Waals surface area contributed by atoms with Crippen molar-refractivity contribution in [2.24, 2.45) is 0 Å². The van der Waals surface area contributed by atoms with Gasteiger partial charge in [-0.2, -0.15) is 0 Å². The van der Waals surface area contributed by atoms with Crippen molar-refractivity contribution in [3.05, 3.63) is 28.5 Å². The molecule has 88 valence electrons. The van der Waals surface area contributed by atoms with Gasteiger partial charge in [-0.3, -0.25) is 4.79 Å². The summed E-state index contributed by atoms with van der Waals surface area (Å²) in [5, 5.41) is 0.983. The quantitative estimate of drug-likeness (QED) is 0.630. The van der Waals surface area contributed by atoms with E-state index in [1.54, 1.807) is 0 Å². The Kier molecular flexibility index (Phi) is 3.44. The molecule has 2 rings (SSSR count). The lowest BCUT2D eigenvalue weighted by atomic mass is 10.4. The minimum Gasteiger partial charge on any atom is -0.436 e. The van der Waals surface area contributed by atoms with E-state index in [9.17, 15) is 4.79 Å². The third-order valence-electron chi connectivity index (χ3n) is 2.11. The highest BCUT2D eigenvalue weighted by Crippen LogP contribution is 2.30. The number of carbonyl (C=O) groups excluding carboxylic acids is 1. The van der Waals surface area contributed by atoms with Gasteiger partial charge in [0, 0.05) is 0 Å². The van der Waals surface area contributed by atoms with Crippen LogP contribution in [-0.2, 0) is 0 Å². The number of hydrogen-bond donors (Lipinski definition) is 0. The average molecular weight is 270 g/mol. The minimum atomic E-state index is 0.123. The van der Waals surface area contributed by atoms with Gasteiger partial charge in [0.15, 0.2) is 6.29 Å². The molecule has 0 bridgehead atoms. The van der Waals surface area contributed by atoms with Gasteiger partial charge < -0.3 is 4.42 Å². The van der Waals surface area contributed by atoms with E-state index in [-0.39, 0.29) is 10.7 Å². The van der Waals surface area contributed by atoms with Crippen molar-refractivity contribution >= 4 is 29.6 Å². The van der Waals surface area contributed by atoms with Gasteiger partial charge in [-0.15, -0.1) is 0 Å². The molecular weight excluding hydrogens is 262 g/mol. The van der Waals surface area contributed by atoms with Gasteiger partial charge in [-0.25, -0.2) is 15.0 Å². The van der Waals surface area contributed by atoms with Crippen LogP contribution in [0.4, 0.5) is 0 Å². The molecule has 0 atom stereocenters. The second-order valence-corrected chi connectivity index (χ2v) is 4.52. The van der Waals surface area contributed by atoms with Crippen LogP contribution in [-0.4, -0.2) is 21.2 Å². The molecule has 0 aliphatic rings. The number of halogens is 1. The molecule has 0 unspecified atom stereocenters. The first-order valence-corrected chi connectivity index (χ1v) is 5.89. The summed E-state index contributed by atoms with van der Waals surface area (Å²) in [4.78, 5) is 22.8. The zero-order valence-electron chi connectivity index (χ0n) is 9.10. The fourth-order valence-corrected chi connectivity index (χ4v) is 2.21. The van der Waals surface area contributed by atoms with Gasteiger partial charge in [0.2, 0.25) is 0 Å². The SMILES string of the molecule is Cc1nc(Sc2ncnc(Cl)c2C=O)oc1C. The predicted molar refractivity (Wildman–Crippen MR) is 62.5 cm³/mol. The molecule has 5 nitrogen and oxygen atoms in total. The van der Waals surface area contributed by atoms with Crippen molar-refractivity contribution in [2.45, 2.75) is 24.1 Å². The lowest BCUT2D eigenvalue weighted by Gasteiger charge is -2.00. The molecule has 2 aromatic heterocycles. The Bertz CT molecular complexity index is 551. The molecule has 7 heteroatoms. The van der Waals surface area contributed by atoms with Crippen molar-refractivity contribution < 1.29 is 9.21 Å². The fraction of sp³-hybridized carbons (Fsp3) is 0.200. The van der Waals surface area contributed by atoms with Crippen LogP contribution in [0.3, 0.4) is 0 Å². The van der Waals surface area contributed by atoms with Crippen LogP contribution < -0.4 is 0 Å². The number of aryl methyl sites for hydroxylation is 2. The molecule has 0 aliphatic heterocycles. The van der Waals surface area contributed by atoms with Crippen molar-refractivity contribution in [1.29, 1.82) is 0 Å². The summed E-state index contributed by atoms with van der Waals surface area (Å²) in [7, 11) is 0. The maximum atomic E-state index is 10.9. The maximum Gasteiger partial charge on any atom is 0.262 e. The highest BCUT2D eigenvalue weighted by molar-refractivity contribution is 7.99. The van der Waals surface area contributed by atoms with Crippen molar-refractivity contribution in [3.63, 3.8) is 0 Å². The molecule has 0 aliphatic carbocycles. The Morgan fingerprint density at radius 3 is 2.76 bits per heavy atom. The minimum absolute atomic E-state index is 0.123. The Morgan fingerprint density at radius 1 is 1.41 bits per heavy atom. The summed E-state index contributed by atoms with van der Waals surface area (Å²) in [6.07, 6.45) is 1.91. The average Bonchev–Trinajstić information content (AvgIpc) is 2.58. The van der Waals surface area contributed by atoms with E-state index < -0.39 is 0 Å². The van der Waals surface area contributed by atoms with Gasteiger partial charge in [0.05, 0.1) is 11.3 Å². The largest absolute Gasteiger partial charge is 0.436 e. The summed E-state index contributed by atoms with van der Waals surface area (Å²) in [5.74, 6) is 0.736. The fourth-order valence-electron chi connectivity index (χ4n) is 1.11. The van der Waals surface area contributed by atoms with Gasteiger partial charge in [0.25, 0.3) is 5.22 Å². The molecule has 2 aromatic rings. The van der Waals surface area contributed by atoms with Crippen LogP contribution in [0.5, 0.6) is 0 Å². The number of nitrogens with zero attached hydrogens (tertiary/aromatic N) is 3. The third-order valence-corrected chi connectivity index (χ3v) is 3.28. The molecule has 0 fully saturated rings. The molecule has 0 N–H and O–H groups in total. The van der Waals surface area contributed by atoms with Crippen molar-refractivity contribution in [1.82, 2.24) is 15.0 Å². The van der Waals surface area contributed by atoms with Gasteiger partial charge in [0.1, 0.15) is 22.3 Å². The number of aldehydes is 1. The normalized spacial score (nSPS) is 10.5. The lowest BCUT2D eigenvalue weighted by Crippen LogP contribution is -1.93. The molecule has 0 spiro atoms. The summed E-state index contributed by atoms with van der Waals surface area (Å²) in [6, 6.07) is 0. The van der Waals surface area contributed by atoms with E-state index in [0.29, 0.717) is 16.5 Å². The molecular formula is C10H8ClN3O2S. The zero-order valence-corrected chi connectivity index (χ0v) is 10.7. The van der Waals surface area contributed by atoms with E-state index in [1.807, 2.05) is 13.8 Å². The maximum absolute atomic E-state index is 10.9. The lowest BCUT2D eigenvalue weighted by molar-refractivity contribution is 0.112. The van der Waals surface area contributed by atoms with Crippen molar-refractivity contribution in [2.75, 3.05) is 0 Å². The van der Waals surface area contributed by atoms with Crippen LogP contribution in [0.2, 0.25) is 5.15 Å². The molecule has 17 heavy (non-hydrogen) atoms. The summed E-state index contributed by atoms with van der Waals surface area (Å²) < 4.78 is 5.39. The first-order valence-electron chi connectivity index (χ1n) is 4.69. The predicted octanol–water partition coefficient (Wildman–Crippen LogP) is 2.70. The Hall–Kier alpha value is -1.40. The second-order valence-electron chi connectivity index (χ2n) is 3.22. The van der Waals surface area contributed by atoms with Crippen molar-refractivity contribution in [3.8, 4) is 0 Å². The Morgan fingerprint density at radius 2 is 2.18 bits per heavy atom. The number of carbonyl (C=O) groups is 1. The first-order chi connectivity index (χ1) is 8.11. The number of rotatable bonds is 3. The number of oxazole rings is 1. The molecule has 0 amide bonds. The Balaban J connectivity index is 2.36. The molecule has 0 aromatic carbocycles. The van der Waals surface area contributed by atoms with Crippen LogP contribution in [0.25, 0.3) is 0 Å². The molecule has 0 radical (unpaired) electrons. The van der Waals surface area contributed by atoms with E-state index in [0.717, 1.165) is 23.2 Å². The van der Waals surface area contributed by atoms with Crippen LogP contribution in [0, 0.1) is 13.8 Å². The van der Waals surface area contributed by atoms with E-state index >= 15 is 0 Å². The highest BCUT2D eigenvalue weighted by atomic mass is 35.5. The smallest absolute Gasteiger partial charge is 0.262 e. The first kappa shape index (κ1) is 12.1. The monoisotopic (exact) mass is 269 g/mol. The zero-order chi connectivity index (χ0) is 12.4. The number of hydrogen-bond acceptors (Lipinski definition) is 6. The van der Waals surface area contributed by atoms with Crippen LogP contribution in [0.15, 0.2) is 21.0 Å². The topological polar surface area (TPSA) is 68.9 Å². The standard InChI is InChI=1S/C10H8ClN3O2S/c1-5-6(2)16-10(14-5)17-9-7(3-15)8(11)12-4-13-9/h3-4H,1-2H3. The van der Waals surface area contributed by atoms with E-state index in [4.69, 9.17) is 16.0 Å². The summed E-state index contributed by atoms with van der Waals surface area (Å²) in [5.41, 5.74) is 1.05. The highest BCUT2D eigenvalue weighted by Gasteiger charge is 2.14. The van der Waals surface area contributed by atoms with E-state index in [1.165, 1.54) is 6.33 Å². The summed E-state index contributed by atoms with van der Waals surface area (Å²) in [6.45, 7) is 3.66. The summed E-state index contributed by atoms with van der Waals surface area (Å²) >= 11 is 6.93. The van der Waals surface area contributed by atoms with Gasteiger partial charge in [-0.05, 0) is 25.6 Å². The second kappa shape index (κ2) is 4.85.